The zero-order valence-electron chi connectivity index (χ0n) is 16.9. The molecule has 0 bridgehead atoms. The molecule has 2 aromatic carbocycles. The zero-order chi connectivity index (χ0) is 21.1. The lowest BCUT2D eigenvalue weighted by atomic mass is 10.0. The number of carbonyl (C=O) groups excluding carboxylic acids is 1. The molecule has 1 aliphatic heterocycles. The summed E-state index contributed by atoms with van der Waals surface area (Å²) in [7, 11) is 0. The van der Waals surface area contributed by atoms with E-state index in [0.717, 1.165) is 30.7 Å². The van der Waals surface area contributed by atoms with E-state index in [0.29, 0.717) is 15.9 Å². The van der Waals surface area contributed by atoms with Crippen molar-refractivity contribution in [1.29, 1.82) is 0 Å². The third-order valence-electron chi connectivity index (χ3n) is 5.07. The van der Waals surface area contributed by atoms with Gasteiger partial charge >= 0.3 is 0 Å². The zero-order valence-corrected chi connectivity index (χ0v) is 18.5. The lowest BCUT2D eigenvalue weighted by Crippen LogP contribution is -2.41. The Kier molecular flexibility index (Phi) is 6.29. The van der Waals surface area contributed by atoms with Crippen molar-refractivity contribution in [3.05, 3.63) is 70.5 Å². The molecule has 0 fully saturated rings. The average molecular weight is 442 g/mol. The van der Waals surface area contributed by atoms with E-state index in [9.17, 15) is 4.79 Å². The minimum absolute atomic E-state index is 0.106. The highest BCUT2D eigenvalue weighted by Gasteiger charge is 2.37. The molecule has 0 saturated carbocycles. The summed E-state index contributed by atoms with van der Waals surface area (Å²) in [4.78, 5) is 13.3. The van der Waals surface area contributed by atoms with Crippen LogP contribution in [0.15, 0.2) is 53.7 Å². The van der Waals surface area contributed by atoms with Gasteiger partial charge in [-0.25, -0.2) is 4.68 Å². The Balaban J connectivity index is 1.66. The van der Waals surface area contributed by atoms with Crippen LogP contribution in [0.1, 0.15) is 43.3 Å². The molecule has 1 amide bonds. The van der Waals surface area contributed by atoms with Gasteiger partial charge in [-0.1, -0.05) is 67.5 Å². The van der Waals surface area contributed by atoms with Crippen LogP contribution in [0.2, 0.25) is 5.02 Å². The first-order chi connectivity index (χ1) is 14.6. The van der Waals surface area contributed by atoms with Crippen molar-refractivity contribution in [1.82, 2.24) is 14.9 Å². The number of rotatable bonds is 6. The highest BCUT2D eigenvalue weighted by atomic mass is 35.5. The number of halogens is 1. The van der Waals surface area contributed by atoms with Crippen LogP contribution in [-0.2, 0) is 17.6 Å². The number of anilines is 1. The fourth-order valence-corrected chi connectivity index (χ4v) is 4.76. The number of nitrogens with zero attached hydrogens (tertiary/aromatic N) is 3. The van der Waals surface area contributed by atoms with E-state index < -0.39 is 5.25 Å². The van der Waals surface area contributed by atoms with Crippen molar-refractivity contribution in [3.8, 4) is 0 Å². The average Bonchev–Trinajstić information content (AvgIpc) is 3.15. The number of benzene rings is 2. The second kappa shape index (κ2) is 9.10. The molecule has 2 heterocycles. The molecule has 2 atom stereocenters. The summed E-state index contributed by atoms with van der Waals surface area (Å²) in [5, 5.41) is 12.5. The number of amides is 1. The first kappa shape index (κ1) is 20.8. The molecule has 0 saturated heterocycles. The summed E-state index contributed by atoms with van der Waals surface area (Å²) in [6.07, 6.45) is 2.77. The quantitative estimate of drug-likeness (QED) is 0.572. The van der Waals surface area contributed by atoms with Gasteiger partial charge < -0.3 is 10.7 Å². The van der Waals surface area contributed by atoms with Crippen LogP contribution in [0.3, 0.4) is 0 Å². The highest BCUT2D eigenvalue weighted by molar-refractivity contribution is 8.00. The summed E-state index contributed by atoms with van der Waals surface area (Å²) < 4.78 is 1.93. The van der Waals surface area contributed by atoms with Crippen LogP contribution in [0.25, 0.3) is 0 Å². The molecule has 4 rings (SSSR count). The van der Waals surface area contributed by atoms with E-state index in [1.807, 2.05) is 16.8 Å². The number of aromatic nitrogens is 3. The monoisotopic (exact) mass is 441 g/mol. The summed E-state index contributed by atoms with van der Waals surface area (Å²) in [6, 6.07) is 15.4. The standard InChI is InChI=1S/C22H24ClN5OS/c1-3-6-18-25-26-22-28(18)27-19(15-11-9-14(4-2)10-12-15)20(30-22)21(29)24-17-8-5-7-16(23)13-17/h5,7-13,19-20,27H,3-4,6H2,1-2H3,(H,24,29)/t19-,20+/m0/s1. The summed E-state index contributed by atoms with van der Waals surface area (Å²) in [5.41, 5.74) is 6.48. The number of hydrogen-bond donors (Lipinski definition) is 2. The van der Waals surface area contributed by atoms with Crippen LogP contribution in [0.4, 0.5) is 5.69 Å². The maximum atomic E-state index is 13.3. The van der Waals surface area contributed by atoms with Crippen molar-refractivity contribution < 1.29 is 4.79 Å². The van der Waals surface area contributed by atoms with Gasteiger partial charge in [0, 0.05) is 17.1 Å². The predicted octanol–water partition coefficient (Wildman–Crippen LogP) is 4.84. The molecule has 8 heteroatoms. The molecule has 1 aromatic heterocycles. The lowest BCUT2D eigenvalue weighted by Gasteiger charge is -2.33. The minimum atomic E-state index is -0.414. The molecular formula is C22H24ClN5OS. The second-order valence-corrected chi connectivity index (χ2v) is 8.77. The summed E-state index contributed by atoms with van der Waals surface area (Å²) >= 11 is 7.51. The molecule has 1 aliphatic rings. The fourth-order valence-electron chi connectivity index (χ4n) is 3.47. The Morgan fingerprint density at radius 3 is 2.70 bits per heavy atom. The van der Waals surface area contributed by atoms with E-state index in [1.54, 1.807) is 12.1 Å². The van der Waals surface area contributed by atoms with Crippen LogP contribution < -0.4 is 10.7 Å². The number of fused-ring (bicyclic) bond motifs is 1. The molecule has 0 aliphatic carbocycles. The highest BCUT2D eigenvalue weighted by Crippen LogP contribution is 2.38. The number of carbonyl (C=O) groups is 1. The van der Waals surface area contributed by atoms with Crippen molar-refractivity contribution in [2.75, 3.05) is 10.7 Å². The molecular weight excluding hydrogens is 418 g/mol. The van der Waals surface area contributed by atoms with Gasteiger partial charge in [0.15, 0.2) is 5.82 Å². The van der Waals surface area contributed by atoms with Crippen molar-refractivity contribution in [3.63, 3.8) is 0 Å². The number of thioether (sulfide) groups is 1. The Morgan fingerprint density at radius 1 is 1.20 bits per heavy atom. The van der Waals surface area contributed by atoms with E-state index in [1.165, 1.54) is 17.3 Å². The molecule has 2 N–H and O–H groups in total. The van der Waals surface area contributed by atoms with Crippen LogP contribution in [0, 0.1) is 0 Å². The van der Waals surface area contributed by atoms with Crippen molar-refractivity contribution in [2.45, 2.75) is 49.6 Å². The van der Waals surface area contributed by atoms with E-state index in [2.05, 4.69) is 59.1 Å². The van der Waals surface area contributed by atoms with E-state index in [4.69, 9.17) is 11.6 Å². The largest absolute Gasteiger partial charge is 0.325 e. The third kappa shape index (κ3) is 4.32. The Labute approximate surface area is 185 Å². The first-order valence-electron chi connectivity index (χ1n) is 10.1. The maximum absolute atomic E-state index is 13.3. The summed E-state index contributed by atoms with van der Waals surface area (Å²) in [6.45, 7) is 4.24. The van der Waals surface area contributed by atoms with Gasteiger partial charge in [-0.3, -0.25) is 4.79 Å². The normalized spacial score (nSPS) is 17.8. The molecule has 0 spiro atoms. The Hall–Kier alpha value is -2.51. The fraction of sp³-hybridized carbons (Fsp3) is 0.318. The number of hydrogen-bond acceptors (Lipinski definition) is 5. The van der Waals surface area contributed by atoms with Gasteiger partial charge in [0.25, 0.3) is 0 Å². The minimum Gasteiger partial charge on any atom is -0.325 e. The van der Waals surface area contributed by atoms with Gasteiger partial charge in [0.1, 0.15) is 5.25 Å². The SMILES string of the molecule is CCCc1nnc2n1N[C@@H](c1ccc(CC)cc1)[C@H](C(=O)Nc1cccc(Cl)c1)S2. The number of aryl methyl sites for hydroxylation is 2. The van der Waals surface area contributed by atoms with Gasteiger partial charge in [-0.2, -0.15) is 0 Å². The topological polar surface area (TPSA) is 71.8 Å². The molecule has 6 nitrogen and oxygen atoms in total. The smallest absolute Gasteiger partial charge is 0.240 e. The summed E-state index contributed by atoms with van der Waals surface area (Å²) in [5.74, 6) is 0.773. The second-order valence-electron chi connectivity index (χ2n) is 7.22. The van der Waals surface area contributed by atoms with Gasteiger partial charge in [0.2, 0.25) is 11.1 Å². The van der Waals surface area contributed by atoms with Gasteiger partial charge in [0.05, 0.1) is 6.04 Å². The molecule has 0 radical (unpaired) electrons. The van der Waals surface area contributed by atoms with Crippen molar-refractivity contribution in [2.24, 2.45) is 0 Å². The van der Waals surface area contributed by atoms with Crippen LogP contribution >= 0.6 is 23.4 Å². The molecule has 156 valence electrons. The maximum Gasteiger partial charge on any atom is 0.240 e. The first-order valence-corrected chi connectivity index (χ1v) is 11.4. The Bertz CT molecular complexity index is 1040. The van der Waals surface area contributed by atoms with Gasteiger partial charge in [-0.05, 0) is 42.2 Å². The van der Waals surface area contributed by atoms with E-state index >= 15 is 0 Å². The van der Waals surface area contributed by atoms with E-state index in [-0.39, 0.29) is 11.9 Å². The van der Waals surface area contributed by atoms with Crippen molar-refractivity contribution >= 4 is 35.0 Å². The number of nitrogens with one attached hydrogen (secondary N) is 2. The van der Waals surface area contributed by atoms with Crippen LogP contribution in [0.5, 0.6) is 0 Å². The molecule has 3 aromatic rings. The van der Waals surface area contributed by atoms with Gasteiger partial charge in [-0.15, -0.1) is 10.2 Å². The van der Waals surface area contributed by atoms with Crippen LogP contribution in [-0.4, -0.2) is 26.0 Å². The Morgan fingerprint density at radius 2 is 2.00 bits per heavy atom. The molecule has 30 heavy (non-hydrogen) atoms. The molecule has 0 unspecified atom stereocenters. The lowest BCUT2D eigenvalue weighted by molar-refractivity contribution is -0.116. The predicted molar refractivity (Wildman–Crippen MR) is 122 cm³/mol. The third-order valence-corrected chi connectivity index (χ3v) is 6.53.